The molecule has 0 aromatic carbocycles. The number of aliphatic hydroxyl groups is 2. The third kappa shape index (κ3) is 5.07. The molecule has 2 atom stereocenters. The number of aliphatic hydroxyl groups excluding tert-OH is 2. The Morgan fingerprint density at radius 1 is 0.737 bits per heavy atom. The first kappa shape index (κ1) is 18.9. The highest BCUT2D eigenvalue weighted by Crippen LogP contribution is 2.48. The van der Waals surface area contributed by atoms with E-state index in [0.29, 0.717) is 0 Å². The Balaban J connectivity index is 4.77. The van der Waals surface area contributed by atoms with E-state index < -0.39 is 0 Å². The van der Waals surface area contributed by atoms with Crippen molar-refractivity contribution in [2.75, 3.05) is 13.2 Å². The van der Waals surface area contributed by atoms with Crippen LogP contribution in [0.25, 0.3) is 0 Å². The van der Waals surface area contributed by atoms with Gasteiger partial charge in [-0.15, -0.1) is 0 Å². The van der Waals surface area contributed by atoms with Gasteiger partial charge in [-0.05, 0) is 24.7 Å². The molecule has 116 valence electrons. The molecule has 0 aliphatic rings. The SMILES string of the molecule is CCCCCCC(C)(CO)C(CC)(CO)CCCC. The van der Waals surface area contributed by atoms with E-state index >= 15 is 0 Å². The zero-order valence-corrected chi connectivity index (χ0v) is 13.7. The highest BCUT2D eigenvalue weighted by Gasteiger charge is 2.44. The van der Waals surface area contributed by atoms with Gasteiger partial charge in [0.1, 0.15) is 0 Å². The van der Waals surface area contributed by atoms with Gasteiger partial charge in [-0.25, -0.2) is 0 Å². The average Bonchev–Trinajstić information content (AvgIpc) is 2.45. The second-order valence-electron chi connectivity index (χ2n) is 6.42. The van der Waals surface area contributed by atoms with Crippen molar-refractivity contribution >= 4 is 0 Å². The van der Waals surface area contributed by atoms with Crippen LogP contribution in [0.2, 0.25) is 0 Å². The number of hydrogen-bond acceptors (Lipinski definition) is 2. The van der Waals surface area contributed by atoms with Crippen LogP contribution in [0.3, 0.4) is 0 Å². The first-order valence-electron chi connectivity index (χ1n) is 8.27. The van der Waals surface area contributed by atoms with Gasteiger partial charge in [0.2, 0.25) is 0 Å². The fourth-order valence-corrected chi connectivity index (χ4v) is 3.26. The molecule has 0 saturated heterocycles. The largest absolute Gasteiger partial charge is 0.396 e. The van der Waals surface area contributed by atoms with Gasteiger partial charge in [-0.2, -0.15) is 0 Å². The van der Waals surface area contributed by atoms with E-state index in [1.54, 1.807) is 0 Å². The van der Waals surface area contributed by atoms with Gasteiger partial charge < -0.3 is 10.2 Å². The molecule has 2 N–H and O–H groups in total. The van der Waals surface area contributed by atoms with E-state index in [-0.39, 0.29) is 24.0 Å². The minimum absolute atomic E-state index is 0.107. The maximum atomic E-state index is 9.96. The minimum atomic E-state index is -0.139. The van der Waals surface area contributed by atoms with Gasteiger partial charge in [-0.3, -0.25) is 0 Å². The molecule has 0 aromatic heterocycles. The summed E-state index contributed by atoms with van der Waals surface area (Å²) in [6.45, 7) is 9.14. The summed E-state index contributed by atoms with van der Waals surface area (Å²) in [4.78, 5) is 0. The van der Waals surface area contributed by atoms with Gasteiger partial charge in [0.25, 0.3) is 0 Å². The lowest BCUT2D eigenvalue weighted by Crippen LogP contribution is -2.45. The predicted molar refractivity (Wildman–Crippen MR) is 83.3 cm³/mol. The Hall–Kier alpha value is -0.0800. The van der Waals surface area contributed by atoms with Crippen LogP contribution in [0, 0.1) is 10.8 Å². The third-order valence-corrected chi connectivity index (χ3v) is 5.20. The van der Waals surface area contributed by atoms with Gasteiger partial charge >= 0.3 is 0 Å². The summed E-state index contributed by atoms with van der Waals surface area (Å²) in [7, 11) is 0. The molecule has 0 rings (SSSR count). The fraction of sp³-hybridized carbons (Fsp3) is 1.00. The molecule has 0 amide bonds. The normalized spacial score (nSPS) is 18.0. The molecule has 0 fully saturated rings. The lowest BCUT2D eigenvalue weighted by Gasteiger charge is -2.47. The fourth-order valence-electron chi connectivity index (χ4n) is 3.26. The van der Waals surface area contributed by atoms with Crippen molar-refractivity contribution in [1.29, 1.82) is 0 Å². The molecular formula is C17H36O2. The van der Waals surface area contributed by atoms with Crippen molar-refractivity contribution < 1.29 is 10.2 Å². The third-order valence-electron chi connectivity index (χ3n) is 5.20. The lowest BCUT2D eigenvalue weighted by molar-refractivity contribution is -0.0618. The highest BCUT2D eigenvalue weighted by atomic mass is 16.3. The number of unbranched alkanes of at least 4 members (excludes halogenated alkanes) is 4. The average molecular weight is 272 g/mol. The Morgan fingerprint density at radius 3 is 1.79 bits per heavy atom. The van der Waals surface area contributed by atoms with Crippen molar-refractivity contribution in [3.05, 3.63) is 0 Å². The predicted octanol–water partition coefficient (Wildman–Crippen LogP) is 4.53. The van der Waals surface area contributed by atoms with Gasteiger partial charge in [0.05, 0.1) is 0 Å². The molecule has 0 spiro atoms. The van der Waals surface area contributed by atoms with Crippen molar-refractivity contribution in [2.24, 2.45) is 10.8 Å². The molecule has 19 heavy (non-hydrogen) atoms. The van der Waals surface area contributed by atoms with E-state index in [1.165, 1.54) is 25.7 Å². The standard InChI is InChI=1S/C17H36O2/c1-5-8-10-11-12-16(4,14-18)17(7-3,15-19)13-9-6-2/h18-19H,5-15H2,1-4H3. The van der Waals surface area contributed by atoms with E-state index in [0.717, 1.165) is 32.1 Å². The topological polar surface area (TPSA) is 40.5 Å². The van der Waals surface area contributed by atoms with E-state index in [9.17, 15) is 10.2 Å². The maximum absolute atomic E-state index is 9.96. The van der Waals surface area contributed by atoms with Gasteiger partial charge in [-0.1, -0.05) is 66.2 Å². The van der Waals surface area contributed by atoms with Crippen molar-refractivity contribution in [3.63, 3.8) is 0 Å². The molecule has 0 bridgehead atoms. The maximum Gasteiger partial charge on any atom is 0.0493 e. The van der Waals surface area contributed by atoms with E-state index in [4.69, 9.17) is 0 Å². The Bertz CT molecular complexity index is 211. The van der Waals surface area contributed by atoms with Crippen LogP contribution in [-0.4, -0.2) is 23.4 Å². The zero-order valence-electron chi connectivity index (χ0n) is 13.7. The Labute approximate surface area is 120 Å². The zero-order chi connectivity index (χ0) is 14.8. The molecule has 0 saturated carbocycles. The van der Waals surface area contributed by atoms with Gasteiger partial charge in [0, 0.05) is 18.6 Å². The van der Waals surface area contributed by atoms with Crippen molar-refractivity contribution in [1.82, 2.24) is 0 Å². The Kier molecular flexibility index (Phi) is 9.72. The molecule has 0 aliphatic heterocycles. The molecular weight excluding hydrogens is 236 g/mol. The molecule has 0 radical (unpaired) electrons. The molecule has 2 heteroatoms. The van der Waals surface area contributed by atoms with Crippen molar-refractivity contribution in [2.45, 2.75) is 85.5 Å². The summed E-state index contributed by atoms with van der Waals surface area (Å²) in [5, 5.41) is 19.9. The summed E-state index contributed by atoms with van der Waals surface area (Å²) < 4.78 is 0. The Morgan fingerprint density at radius 2 is 1.37 bits per heavy atom. The number of hydrogen-bond donors (Lipinski definition) is 2. The summed E-state index contributed by atoms with van der Waals surface area (Å²) >= 11 is 0. The van der Waals surface area contributed by atoms with Crippen LogP contribution in [0.4, 0.5) is 0 Å². The molecule has 2 nitrogen and oxygen atoms in total. The molecule has 2 unspecified atom stereocenters. The summed E-state index contributed by atoms with van der Waals surface area (Å²) in [6, 6.07) is 0. The van der Waals surface area contributed by atoms with E-state index in [2.05, 4.69) is 27.7 Å². The number of rotatable bonds is 12. The van der Waals surface area contributed by atoms with Crippen LogP contribution in [0.1, 0.15) is 85.5 Å². The van der Waals surface area contributed by atoms with Crippen LogP contribution in [0.15, 0.2) is 0 Å². The molecule has 0 aliphatic carbocycles. The van der Waals surface area contributed by atoms with Crippen LogP contribution in [-0.2, 0) is 0 Å². The second kappa shape index (κ2) is 9.77. The first-order valence-corrected chi connectivity index (χ1v) is 8.27. The molecule has 0 heterocycles. The van der Waals surface area contributed by atoms with Crippen LogP contribution in [0.5, 0.6) is 0 Å². The summed E-state index contributed by atoms with van der Waals surface area (Å²) in [5.41, 5.74) is -0.247. The molecule has 0 aromatic rings. The van der Waals surface area contributed by atoms with E-state index in [1.807, 2.05) is 0 Å². The monoisotopic (exact) mass is 272 g/mol. The smallest absolute Gasteiger partial charge is 0.0493 e. The lowest BCUT2D eigenvalue weighted by atomic mass is 9.59. The summed E-state index contributed by atoms with van der Waals surface area (Å²) in [6.07, 6.45) is 10.2. The highest BCUT2D eigenvalue weighted by molar-refractivity contribution is 4.94. The van der Waals surface area contributed by atoms with Gasteiger partial charge in [0.15, 0.2) is 0 Å². The van der Waals surface area contributed by atoms with Crippen molar-refractivity contribution in [3.8, 4) is 0 Å². The quantitative estimate of drug-likeness (QED) is 0.512. The first-order chi connectivity index (χ1) is 9.05. The second-order valence-corrected chi connectivity index (χ2v) is 6.42. The van der Waals surface area contributed by atoms with Crippen LogP contribution >= 0.6 is 0 Å². The minimum Gasteiger partial charge on any atom is -0.396 e. The summed E-state index contributed by atoms with van der Waals surface area (Å²) in [5.74, 6) is 0. The van der Waals surface area contributed by atoms with Crippen LogP contribution < -0.4 is 0 Å².